The first-order valence-electron chi connectivity index (χ1n) is 5.32. The van der Waals surface area contributed by atoms with Gasteiger partial charge in [0.25, 0.3) is 5.91 Å². The maximum atomic E-state index is 12.0. The molecule has 0 aromatic heterocycles. The molecule has 1 N–H and O–H groups in total. The second-order valence-corrected chi connectivity index (χ2v) is 4.84. The van der Waals surface area contributed by atoms with Crippen LogP contribution in [-0.4, -0.2) is 11.4 Å². The standard InChI is InChI=1S/C12H16N4O/c1-8-9(11(17)14-12(2,3)4)6-5-7-10(8)15-16-13/h5-7H,1-4H3,(H,14,17). The number of amides is 1. The lowest BCUT2D eigenvalue weighted by atomic mass is 10.0. The second kappa shape index (κ2) is 4.89. The van der Waals surface area contributed by atoms with Crippen LogP contribution in [0.2, 0.25) is 0 Å². The van der Waals surface area contributed by atoms with Crippen LogP contribution in [0.25, 0.3) is 10.4 Å². The first-order chi connectivity index (χ1) is 7.85. The molecular weight excluding hydrogens is 216 g/mol. The number of rotatable bonds is 2. The summed E-state index contributed by atoms with van der Waals surface area (Å²) in [7, 11) is 0. The number of benzene rings is 1. The zero-order chi connectivity index (χ0) is 13.1. The molecular formula is C12H16N4O. The molecule has 90 valence electrons. The molecule has 0 atom stereocenters. The maximum absolute atomic E-state index is 12.0. The summed E-state index contributed by atoms with van der Waals surface area (Å²) in [5.74, 6) is -0.162. The fraction of sp³-hybridized carbons (Fsp3) is 0.417. The Morgan fingerprint density at radius 3 is 2.59 bits per heavy atom. The largest absolute Gasteiger partial charge is 0.347 e. The highest BCUT2D eigenvalue weighted by Gasteiger charge is 2.17. The molecule has 0 aliphatic heterocycles. The zero-order valence-corrected chi connectivity index (χ0v) is 10.5. The average molecular weight is 232 g/mol. The molecule has 0 saturated carbocycles. The summed E-state index contributed by atoms with van der Waals surface area (Å²) in [5.41, 5.74) is 9.82. The van der Waals surface area contributed by atoms with E-state index < -0.39 is 0 Å². The van der Waals surface area contributed by atoms with Crippen molar-refractivity contribution in [3.05, 3.63) is 39.8 Å². The quantitative estimate of drug-likeness (QED) is 0.473. The first-order valence-corrected chi connectivity index (χ1v) is 5.32. The number of azide groups is 1. The fourth-order valence-corrected chi connectivity index (χ4v) is 1.43. The van der Waals surface area contributed by atoms with Gasteiger partial charge in [0, 0.05) is 21.7 Å². The van der Waals surface area contributed by atoms with Crippen LogP contribution in [0.4, 0.5) is 5.69 Å². The summed E-state index contributed by atoms with van der Waals surface area (Å²) in [4.78, 5) is 14.7. The van der Waals surface area contributed by atoms with E-state index in [2.05, 4.69) is 15.3 Å². The van der Waals surface area contributed by atoms with E-state index in [0.29, 0.717) is 16.8 Å². The molecule has 0 aliphatic rings. The van der Waals surface area contributed by atoms with Crippen LogP contribution in [0.15, 0.2) is 23.3 Å². The van der Waals surface area contributed by atoms with E-state index in [-0.39, 0.29) is 11.4 Å². The molecule has 1 rings (SSSR count). The van der Waals surface area contributed by atoms with E-state index in [1.807, 2.05) is 20.8 Å². The molecule has 0 fully saturated rings. The van der Waals surface area contributed by atoms with Gasteiger partial charge in [-0.3, -0.25) is 4.79 Å². The number of nitrogens with zero attached hydrogens (tertiary/aromatic N) is 3. The van der Waals surface area contributed by atoms with Crippen molar-refractivity contribution in [1.82, 2.24) is 5.32 Å². The zero-order valence-electron chi connectivity index (χ0n) is 10.5. The monoisotopic (exact) mass is 232 g/mol. The maximum Gasteiger partial charge on any atom is 0.251 e. The van der Waals surface area contributed by atoms with Crippen molar-refractivity contribution in [2.45, 2.75) is 33.2 Å². The van der Waals surface area contributed by atoms with E-state index in [0.717, 1.165) is 0 Å². The predicted molar refractivity (Wildman–Crippen MR) is 67.2 cm³/mol. The number of hydrogen-bond acceptors (Lipinski definition) is 2. The molecule has 0 radical (unpaired) electrons. The lowest BCUT2D eigenvalue weighted by Crippen LogP contribution is -2.40. The van der Waals surface area contributed by atoms with Gasteiger partial charge in [-0.2, -0.15) is 0 Å². The summed E-state index contributed by atoms with van der Waals surface area (Å²) in [5, 5.41) is 6.42. The van der Waals surface area contributed by atoms with Gasteiger partial charge in [0.15, 0.2) is 0 Å². The second-order valence-electron chi connectivity index (χ2n) is 4.84. The highest BCUT2D eigenvalue weighted by atomic mass is 16.1. The van der Waals surface area contributed by atoms with Gasteiger partial charge in [0.2, 0.25) is 0 Å². The van der Waals surface area contributed by atoms with E-state index in [4.69, 9.17) is 5.53 Å². The minimum atomic E-state index is -0.294. The van der Waals surface area contributed by atoms with Crippen LogP contribution in [-0.2, 0) is 0 Å². The summed E-state index contributed by atoms with van der Waals surface area (Å²) in [6.45, 7) is 7.51. The molecule has 0 spiro atoms. The Kier molecular flexibility index (Phi) is 3.76. The Balaban J connectivity index is 3.11. The Hall–Kier alpha value is -2.00. The molecule has 5 nitrogen and oxygen atoms in total. The van der Waals surface area contributed by atoms with E-state index in [1.54, 1.807) is 25.1 Å². The minimum absolute atomic E-state index is 0.162. The van der Waals surface area contributed by atoms with Crippen molar-refractivity contribution in [2.75, 3.05) is 0 Å². The SMILES string of the molecule is Cc1c(N=[N+]=[N-])cccc1C(=O)NC(C)(C)C. The summed E-state index contributed by atoms with van der Waals surface area (Å²) in [6, 6.07) is 5.10. The third-order valence-electron chi connectivity index (χ3n) is 2.19. The topological polar surface area (TPSA) is 77.9 Å². The minimum Gasteiger partial charge on any atom is -0.347 e. The molecule has 0 bridgehead atoms. The van der Waals surface area contributed by atoms with Gasteiger partial charge in [-0.1, -0.05) is 17.2 Å². The van der Waals surface area contributed by atoms with Gasteiger partial charge in [0.05, 0.1) is 0 Å². The third-order valence-corrected chi connectivity index (χ3v) is 2.19. The van der Waals surface area contributed by atoms with Crippen LogP contribution in [0.1, 0.15) is 36.7 Å². The number of nitrogens with one attached hydrogen (secondary N) is 1. The molecule has 1 amide bonds. The number of carbonyl (C=O) groups is 1. The van der Waals surface area contributed by atoms with Gasteiger partial charge in [-0.05, 0) is 44.9 Å². The van der Waals surface area contributed by atoms with Crippen LogP contribution >= 0.6 is 0 Å². The van der Waals surface area contributed by atoms with Crippen molar-refractivity contribution in [1.29, 1.82) is 0 Å². The highest BCUT2D eigenvalue weighted by Crippen LogP contribution is 2.22. The van der Waals surface area contributed by atoms with Gasteiger partial charge in [0.1, 0.15) is 0 Å². The fourth-order valence-electron chi connectivity index (χ4n) is 1.43. The Morgan fingerprint density at radius 1 is 1.41 bits per heavy atom. The molecule has 1 aromatic rings. The Morgan fingerprint density at radius 2 is 2.06 bits per heavy atom. The Labute approximate surface area is 100 Å². The summed E-state index contributed by atoms with van der Waals surface area (Å²) >= 11 is 0. The summed E-state index contributed by atoms with van der Waals surface area (Å²) in [6.07, 6.45) is 0. The summed E-state index contributed by atoms with van der Waals surface area (Å²) < 4.78 is 0. The lowest BCUT2D eigenvalue weighted by molar-refractivity contribution is 0.0919. The molecule has 0 saturated heterocycles. The van der Waals surface area contributed by atoms with E-state index in [1.165, 1.54) is 0 Å². The van der Waals surface area contributed by atoms with Crippen LogP contribution in [0, 0.1) is 6.92 Å². The lowest BCUT2D eigenvalue weighted by Gasteiger charge is -2.21. The molecule has 5 heteroatoms. The predicted octanol–water partition coefficient (Wildman–Crippen LogP) is 3.47. The smallest absolute Gasteiger partial charge is 0.251 e. The van der Waals surface area contributed by atoms with E-state index >= 15 is 0 Å². The van der Waals surface area contributed by atoms with Crippen LogP contribution < -0.4 is 5.32 Å². The molecule has 0 aliphatic carbocycles. The van der Waals surface area contributed by atoms with Crippen molar-refractivity contribution in [3.63, 3.8) is 0 Å². The molecule has 0 heterocycles. The van der Waals surface area contributed by atoms with Crippen molar-refractivity contribution in [2.24, 2.45) is 5.11 Å². The molecule has 0 unspecified atom stereocenters. The number of hydrogen-bond donors (Lipinski definition) is 1. The number of carbonyl (C=O) groups excluding carboxylic acids is 1. The van der Waals surface area contributed by atoms with Crippen LogP contribution in [0.3, 0.4) is 0 Å². The van der Waals surface area contributed by atoms with Gasteiger partial charge >= 0.3 is 0 Å². The normalized spacial score (nSPS) is 10.6. The average Bonchev–Trinajstić information content (AvgIpc) is 2.18. The highest BCUT2D eigenvalue weighted by molar-refractivity contribution is 5.97. The Bertz CT molecular complexity index is 482. The van der Waals surface area contributed by atoms with Crippen molar-refractivity contribution in [3.8, 4) is 0 Å². The van der Waals surface area contributed by atoms with Crippen LogP contribution in [0.5, 0.6) is 0 Å². The van der Waals surface area contributed by atoms with Crippen molar-refractivity contribution < 1.29 is 4.79 Å². The molecule has 1 aromatic carbocycles. The third kappa shape index (κ3) is 3.50. The van der Waals surface area contributed by atoms with Crippen molar-refractivity contribution >= 4 is 11.6 Å². The van der Waals surface area contributed by atoms with E-state index in [9.17, 15) is 4.79 Å². The van der Waals surface area contributed by atoms with Gasteiger partial charge in [-0.15, -0.1) is 0 Å². The molecule has 17 heavy (non-hydrogen) atoms. The van der Waals surface area contributed by atoms with Gasteiger partial charge < -0.3 is 5.32 Å². The van der Waals surface area contributed by atoms with Gasteiger partial charge in [-0.25, -0.2) is 0 Å². The first kappa shape index (κ1) is 13.1.